The number of rotatable bonds is 7. The fourth-order valence-corrected chi connectivity index (χ4v) is 3.43. The molecule has 0 bridgehead atoms. The first-order valence-electron chi connectivity index (χ1n) is 8.05. The number of aromatic amines is 1. The average Bonchev–Trinajstić information content (AvgIpc) is 3.18. The number of nitrogen functional groups attached to an aromatic ring is 1. The predicted octanol–water partition coefficient (Wildman–Crippen LogP) is 2.53. The van der Waals surface area contributed by atoms with Gasteiger partial charge in [-0.1, -0.05) is 0 Å². The minimum absolute atomic E-state index is 0.179. The number of thiophene rings is 1. The number of H-pyrrole nitrogens is 1. The molecule has 3 heterocycles. The van der Waals surface area contributed by atoms with Crippen LogP contribution in [0.2, 0.25) is 0 Å². The van der Waals surface area contributed by atoms with Gasteiger partial charge in [0.15, 0.2) is 0 Å². The van der Waals surface area contributed by atoms with Crippen molar-refractivity contribution >= 4 is 39.3 Å². The molecular weight excluding hydrogens is 340 g/mol. The number of nitrogens with one attached hydrogen (secondary N) is 2. The van der Waals surface area contributed by atoms with Gasteiger partial charge in [0.05, 0.1) is 17.7 Å². The first-order valence-corrected chi connectivity index (χ1v) is 8.87. The van der Waals surface area contributed by atoms with Gasteiger partial charge in [-0.3, -0.25) is 5.10 Å². The number of aromatic nitrogens is 4. The molecule has 3 rings (SSSR count). The zero-order valence-corrected chi connectivity index (χ0v) is 14.9. The molecule has 0 aromatic carbocycles. The van der Waals surface area contributed by atoms with Crippen molar-refractivity contribution in [2.24, 2.45) is 0 Å². The minimum Gasteiger partial charge on any atom is -0.462 e. The summed E-state index contributed by atoms with van der Waals surface area (Å²) in [6.45, 7) is 4.81. The molecule has 3 aromatic rings. The van der Waals surface area contributed by atoms with E-state index in [1.54, 1.807) is 13.0 Å². The number of aryl methyl sites for hydroxylation is 2. The van der Waals surface area contributed by atoms with E-state index in [0.717, 1.165) is 30.5 Å². The van der Waals surface area contributed by atoms with E-state index in [1.165, 1.54) is 16.9 Å². The van der Waals surface area contributed by atoms with Crippen molar-refractivity contribution < 1.29 is 9.53 Å². The molecule has 0 spiro atoms. The van der Waals surface area contributed by atoms with Crippen LogP contribution < -0.4 is 11.1 Å². The van der Waals surface area contributed by atoms with Gasteiger partial charge in [0, 0.05) is 12.7 Å². The third-order valence-electron chi connectivity index (χ3n) is 3.74. The van der Waals surface area contributed by atoms with E-state index in [9.17, 15) is 4.79 Å². The van der Waals surface area contributed by atoms with Crippen molar-refractivity contribution in [2.75, 3.05) is 24.2 Å². The molecule has 0 amide bonds. The molecule has 0 saturated carbocycles. The summed E-state index contributed by atoms with van der Waals surface area (Å²) in [7, 11) is 0. The van der Waals surface area contributed by atoms with Crippen molar-refractivity contribution in [1.29, 1.82) is 0 Å². The molecule has 9 heteroatoms. The van der Waals surface area contributed by atoms with Crippen LogP contribution in [0.25, 0.3) is 10.2 Å². The molecule has 4 N–H and O–H groups in total. The fraction of sp³-hybridized carbons (Fsp3) is 0.375. The quantitative estimate of drug-likeness (QED) is 0.437. The molecular formula is C16H20N6O2S. The summed E-state index contributed by atoms with van der Waals surface area (Å²) in [4.78, 5) is 21.5. The topological polar surface area (TPSA) is 119 Å². The van der Waals surface area contributed by atoms with Gasteiger partial charge in [0.25, 0.3) is 0 Å². The Bertz CT molecular complexity index is 888. The van der Waals surface area contributed by atoms with Crippen LogP contribution in [0.5, 0.6) is 0 Å². The van der Waals surface area contributed by atoms with Crippen molar-refractivity contribution in [3.8, 4) is 0 Å². The Labute approximate surface area is 148 Å². The lowest BCUT2D eigenvalue weighted by molar-refractivity contribution is 0.0532. The molecule has 8 nitrogen and oxygen atoms in total. The number of fused-ring (bicyclic) bond motifs is 1. The van der Waals surface area contributed by atoms with Gasteiger partial charge in [-0.05, 0) is 38.3 Å². The maximum atomic E-state index is 11.9. The van der Waals surface area contributed by atoms with Gasteiger partial charge in [0.2, 0.25) is 5.95 Å². The van der Waals surface area contributed by atoms with Crippen LogP contribution >= 0.6 is 11.3 Å². The lowest BCUT2D eigenvalue weighted by Crippen LogP contribution is -2.07. The Morgan fingerprint density at radius 1 is 1.44 bits per heavy atom. The van der Waals surface area contributed by atoms with E-state index in [4.69, 9.17) is 10.5 Å². The molecule has 132 valence electrons. The van der Waals surface area contributed by atoms with Gasteiger partial charge < -0.3 is 15.8 Å². The molecule has 0 radical (unpaired) electrons. The third kappa shape index (κ3) is 3.87. The van der Waals surface area contributed by atoms with E-state index in [0.29, 0.717) is 22.1 Å². The van der Waals surface area contributed by atoms with Crippen LogP contribution in [-0.4, -0.2) is 39.3 Å². The highest BCUT2D eigenvalue weighted by atomic mass is 32.1. The van der Waals surface area contributed by atoms with Crippen LogP contribution in [0.4, 0.5) is 11.8 Å². The number of esters is 1. The van der Waals surface area contributed by atoms with Crippen LogP contribution in [0.1, 0.15) is 34.3 Å². The number of ether oxygens (including phenoxy) is 1. The molecule has 0 saturated heterocycles. The number of carbonyl (C=O) groups is 1. The molecule has 0 atom stereocenters. The normalized spacial score (nSPS) is 11.0. The highest BCUT2D eigenvalue weighted by Gasteiger charge is 2.16. The van der Waals surface area contributed by atoms with Crippen molar-refractivity contribution in [2.45, 2.75) is 26.7 Å². The summed E-state index contributed by atoms with van der Waals surface area (Å²) in [6, 6.07) is 1.75. The highest BCUT2D eigenvalue weighted by molar-refractivity contribution is 7.20. The summed E-state index contributed by atoms with van der Waals surface area (Å²) < 4.78 is 5.04. The van der Waals surface area contributed by atoms with Crippen LogP contribution in [0.15, 0.2) is 12.3 Å². The van der Waals surface area contributed by atoms with Crippen molar-refractivity contribution in [3.05, 3.63) is 28.4 Å². The Hall–Kier alpha value is -2.68. The SMILES string of the molecule is CCOC(=O)c1cc2c(NCCCc3c[nH]nc3C)nc(N)nc2s1. The van der Waals surface area contributed by atoms with E-state index in [-0.39, 0.29) is 11.9 Å². The highest BCUT2D eigenvalue weighted by Crippen LogP contribution is 2.30. The van der Waals surface area contributed by atoms with E-state index >= 15 is 0 Å². The average molecular weight is 360 g/mol. The van der Waals surface area contributed by atoms with Crippen molar-refractivity contribution in [3.63, 3.8) is 0 Å². The zero-order valence-electron chi connectivity index (χ0n) is 14.1. The van der Waals surface area contributed by atoms with Crippen LogP contribution in [0, 0.1) is 6.92 Å². The fourth-order valence-electron chi connectivity index (χ4n) is 2.50. The molecule has 0 aliphatic carbocycles. The van der Waals surface area contributed by atoms with Gasteiger partial charge in [0.1, 0.15) is 15.5 Å². The van der Waals surface area contributed by atoms with E-state index in [2.05, 4.69) is 25.5 Å². The lowest BCUT2D eigenvalue weighted by Gasteiger charge is -2.07. The Balaban J connectivity index is 1.71. The van der Waals surface area contributed by atoms with E-state index < -0.39 is 0 Å². The predicted molar refractivity (Wildman–Crippen MR) is 97.9 cm³/mol. The van der Waals surface area contributed by atoms with Gasteiger partial charge in [-0.25, -0.2) is 9.78 Å². The Morgan fingerprint density at radius 2 is 2.28 bits per heavy atom. The summed E-state index contributed by atoms with van der Waals surface area (Å²) >= 11 is 1.25. The number of hydrogen-bond donors (Lipinski definition) is 3. The largest absolute Gasteiger partial charge is 0.462 e. The minimum atomic E-state index is -0.356. The number of hydrogen-bond acceptors (Lipinski definition) is 8. The second-order valence-corrected chi connectivity index (χ2v) is 6.54. The standard InChI is InChI=1S/C16H20N6O2S/c1-3-24-15(23)12-7-11-13(20-16(17)21-14(11)25-12)18-6-4-5-10-8-19-22-9(10)2/h7-8H,3-6H2,1-2H3,(H,19,22)(H3,17,18,20,21). The molecule has 0 aliphatic rings. The summed E-state index contributed by atoms with van der Waals surface area (Å²) in [5.74, 6) is 0.460. The molecule has 0 fully saturated rings. The van der Waals surface area contributed by atoms with Gasteiger partial charge >= 0.3 is 5.97 Å². The molecule has 25 heavy (non-hydrogen) atoms. The van der Waals surface area contributed by atoms with Crippen molar-refractivity contribution in [1.82, 2.24) is 20.2 Å². The van der Waals surface area contributed by atoms with Crippen LogP contribution in [0.3, 0.4) is 0 Å². The first-order chi connectivity index (χ1) is 12.1. The first kappa shape index (κ1) is 17.2. The summed E-state index contributed by atoms with van der Waals surface area (Å²) in [5, 5.41) is 11.0. The van der Waals surface area contributed by atoms with Gasteiger partial charge in [-0.15, -0.1) is 11.3 Å². The number of nitrogens with zero attached hydrogens (tertiary/aromatic N) is 3. The number of carbonyl (C=O) groups excluding carboxylic acids is 1. The smallest absolute Gasteiger partial charge is 0.348 e. The number of anilines is 2. The van der Waals surface area contributed by atoms with E-state index in [1.807, 2.05) is 13.1 Å². The number of nitrogens with two attached hydrogens (primary N) is 1. The monoisotopic (exact) mass is 360 g/mol. The lowest BCUT2D eigenvalue weighted by atomic mass is 10.1. The zero-order chi connectivity index (χ0) is 17.8. The van der Waals surface area contributed by atoms with Crippen LogP contribution in [-0.2, 0) is 11.2 Å². The molecule has 0 aliphatic heterocycles. The molecule has 3 aromatic heterocycles. The molecule has 0 unspecified atom stereocenters. The van der Waals surface area contributed by atoms with Gasteiger partial charge in [-0.2, -0.15) is 10.1 Å². The Kier molecular flexibility index (Phi) is 5.13. The third-order valence-corrected chi connectivity index (χ3v) is 4.75. The maximum absolute atomic E-state index is 11.9. The Morgan fingerprint density at radius 3 is 3.00 bits per heavy atom. The summed E-state index contributed by atoms with van der Waals surface area (Å²) in [6.07, 6.45) is 3.75. The summed E-state index contributed by atoms with van der Waals surface area (Å²) in [5.41, 5.74) is 8.01. The second kappa shape index (κ2) is 7.47. The maximum Gasteiger partial charge on any atom is 0.348 e. The second-order valence-electron chi connectivity index (χ2n) is 5.51.